The topological polar surface area (TPSA) is 49.4 Å². The Kier molecular flexibility index (Phi) is 10.2. The van der Waals surface area contributed by atoms with Crippen LogP contribution in [0.25, 0.3) is 0 Å². The number of aryl methyl sites for hydroxylation is 1. The number of likely N-dealkylation sites (N-methyl/N-ethyl adjacent to an activating group) is 1. The molecule has 0 saturated carbocycles. The zero-order valence-electron chi connectivity index (χ0n) is 22.1. The minimum absolute atomic E-state index is 0.0697. The van der Waals surface area contributed by atoms with Crippen molar-refractivity contribution in [3.05, 3.63) is 105 Å². The molecule has 3 rings (SSSR count). The van der Waals surface area contributed by atoms with E-state index in [0.717, 1.165) is 16.7 Å². The summed E-state index contributed by atoms with van der Waals surface area (Å²) in [5, 5.41) is 3.91. The zero-order chi connectivity index (χ0) is 27.0. The smallest absolute Gasteiger partial charge is 0.243 e. The molecule has 1 unspecified atom stereocenters. The molecule has 0 bridgehead atoms. The predicted octanol–water partition coefficient (Wildman–Crippen LogP) is 7.00. The maximum Gasteiger partial charge on any atom is 0.243 e. The van der Waals surface area contributed by atoms with Crippen molar-refractivity contribution in [1.29, 1.82) is 0 Å². The number of nitrogens with zero attached hydrogens (tertiary/aromatic N) is 1. The number of carbonyl (C=O) groups is 2. The normalized spacial score (nSPS) is 12.2. The fourth-order valence-corrected chi connectivity index (χ4v) is 4.71. The molecule has 3 aromatic carbocycles. The van der Waals surface area contributed by atoms with Crippen LogP contribution in [0.1, 0.15) is 56.4 Å². The summed E-state index contributed by atoms with van der Waals surface area (Å²) in [5.74, 6) is -0.280. The number of rotatable bonds is 10. The summed E-state index contributed by atoms with van der Waals surface area (Å²) >= 11 is 12.6. The average molecular weight is 540 g/mol. The van der Waals surface area contributed by atoms with E-state index < -0.39 is 6.04 Å². The third-order valence-corrected chi connectivity index (χ3v) is 7.01. The van der Waals surface area contributed by atoms with Crippen LogP contribution in [0.15, 0.2) is 72.8 Å². The summed E-state index contributed by atoms with van der Waals surface area (Å²) in [6.45, 7) is 9.11. The van der Waals surface area contributed by atoms with E-state index in [-0.39, 0.29) is 30.2 Å². The Morgan fingerprint density at radius 2 is 1.59 bits per heavy atom. The van der Waals surface area contributed by atoms with Gasteiger partial charge >= 0.3 is 0 Å². The standard InChI is InChI=1S/C31H36Cl2N2O2/c1-5-34-30(37)28(19-23-9-7-6-8-10-23)35(21-24-14-17-26(32)20-27(24)33)29(36)18-13-22-11-15-25(16-12-22)31(2,3)4/h6-12,14-17,20,28H,5,13,18-19,21H2,1-4H3,(H,34,37). The van der Waals surface area contributed by atoms with Gasteiger partial charge in [-0.3, -0.25) is 9.59 Å². The van der Waals surface area contributed by atoms with Crippen LogP contribution in [0.5, 0.6) is 0 Å². The summed E-state index contributed by atoms with van der Waals surface area (Å²) in [5.41, 5.74) is 4.14. The Labute approximate surface area is 231 Å². The van der Waals surface area contributed by atoms with Crippen LogP contribution in [-0.2, 0) is 34.4 Å². The van der Waals surface area contributed by atoms with E-state index in [1.807, 2.05) is 43.3 Å². The highest BCUT2D eigenvalue weighted by molar-refractivity contribution is 6.35. The summed E-state index contributed by atoms with van der Waals surface area (Å²) < 4.78 is 0. The van der Waals surface area contributed by atoms with Crippen molar-refractivity contribution in [2.75, 3.05) is 6.54 Å². The number of benzene rings is 3. The Balaban J connectivity index is 1.89. The third kappa shape index (κ3) is 8.34. The first-order valence-electron chi connectivity index (χ1n) is 12.7. The molecule has 3 aromatic rings. The molecule has 0 aliphatic heterocycles. The van der Waals surface area contributed by atoms with Gasteiger partial charge in [0.2, 0.25) is 11.8 Å². The van der Waals surface area contributed by atoms with Crippen LogP contribution >= 0.6 is 23.2 Å². The molecule has 0 heterocycles. The van der Waals surface area contributed by atoms with E-state index in [1.165, 1.54) is 5.56 Å². The molecule has 0 aliphatic rings. The predicted molar refractivity (Wildman–Crippen MR) is 153 cm³/mol. The number of amides is 2. The molecule has 0 spiro atoms. The van der Waals surface area contributed by atoms with Gasteiger partial charge in [0.25, 0.3) is 0 Å². The maximum absolute atomic E-state index is 13.7. The van der Waals surface area contributed by atoms with Gasteiger partial charge in [-0.05, 0) is 53.1 Å². The molecule has 196 valence electrons. The highest BCUT2D eigenvalue weighted by Crippen LogP contribution is 2.25. The van der Waals surface area contributed by atoms with Crippen LogP contribution in [0.4, 0.5) is 0 Å². The van der Waals surface area contributed by atoms with Crippen LogP contribution in [0.3, 0.4) is 0 Å². The molecule has 1 N–H and O–H groups in total. The lowest BCUT2D eigenvalue weighted by Gasteiger charge is -2.32. The second-order valence-electron chi connectivity index (χ2n) is 10.3. The monoisotopic (exact) mass is 538 g/mol. The van der Waals surface area contributed by atoms with Crippen molar-refractivity contribution in [3.63, 3.8) is 0 Å². The summed E-state index contributed by atoms with van der Waals surface area (Å²) in [4.78, 5) is 28.7. The van der Waals surface area contributed by atoms with E-state index in [2.05, 4.69) is 50.4 Å². The van der Waals surface area contributed by atoms with Crippen molar-refractivity contribution < 1.29 is 9.59 Å². The molecular formula is C31H36Cl2N2O2. The highest BCUT2D eigenvalue weighted by Gasteiger charge is 2.30. The second-order valence-corrected chi connectivity index (χ2v) is 11.1. The zero-order valence-corrected chi connectivity index (χ0v) is 23.6. The van der Waals surface area contributed by atoms with Crippen molar-refractivity contribution in [1.82, 2.24) is 10.2 Å². The minimum Gasteiger partial charge on any atom is -0.355 e. The average Bonchev–Trinajstić information content (AvgIpc) is 2.86. The molecule has 0 aliphatic carbocycles. The van der Waals surface area contributed by atoms with Crippen LogP contribution in [0, 0.1) is 0 Å². The highest BCUT2D eigenvalue weighted by atomic mass is 35.5. The molecule has 0 saturated heterocycles. The van der Waals surface area contributed by atoms with Gasteiger partial charge in [0.05, 0.1) is 0 Å². The number of carbonyl (C=O) groups excluding carboxylic acids is 2. The Bertz CT molecular complexity index is 1190. The van der Waals surface area contributed by atoms with Gasteiger partial charge in [-0.1, -0.05) is 105 Å². The molecule has 0 fully saturated rings. The van der Waals surface area contributed by atoms with Gasteiger partial charge in [-0.15, -0.1) is 0 Å². The SMILES string of the molecule is CCNC(=O)C(Cc1ccccc1)N(Cc1ccc(Cl)cc1Cl)C(=O)CCc1ccc(C(C)(C)C)cc1. The molecule has 37 heavy (non-hydrogen) atoms. The van der Waals surface area contributed by atoms with Crippen molar-refractivity contribution in [2.24, 2.45) is 0 Å². The Morgan fingerprint density at radius 1 is 0.919 bits per heavy atom. The van der Waals surface area contributed by atoms with Crippen molar-refractivity contribution in [2.45, 2.75) is 65.0 Å². The number of nitrogens with one attached hydrogen (secondary N) is 1. The molecule has 1 atom stereocenters. The molecule has 2 amide bonds. The van der Waals surface area contributed by atoms with Crippen LogP contribution in [0.2, 0.25) is 10.0 Å². The third-order valence-electron chi connectivity index (χ3n) is 6.43. The minimum atomic E-state index is -0.676. The van der Waals surface area contributed by atoms with Gasteiger partial charge in [0, 0.05) is 36.0 Å². The van der Waals surface area contributed by atoms with Gasteiger partial charge in [-0.2, -0.15) is 0 Å². The first kappa shape index (κ1) is 28.7. The first-order chi connectivity index (χ1) is 17.6. The molecule has 4 nitrogen and oxygen atoms in total. The van der Waals surface area contributed by atoms with Crippen LogP contribution < -0.4 is 5.32 Å². The van der Waals surface area contributed by atoms with Gasteiger partial charge in [0.1, 0.15) is 6.04 Å². The Hall–Kier alpha value is -2.82. The van der Waals surface area contributed by atoms with Gasteiger partial charge in [0.15, 0.2) is 0 Å². The quantitative estimate of drug-likeness (QED) is 0.302. The Morgan fingerprint density at radius 3 is 2.19 bits per heavy atom. The van der Waals surface area contributed by atoms with E-state index >= 15 is 0 Å². The van der Waals surface area contributed by atoms with Crippen molar-refractivity contribution >= 4 is 35.0 Å². The molecule has 0 aromatic heterocycles. The lowest BCUT2D eigenvalue weighted by atomic mass is 9.86. The van der Waals surface area contributed by atoms with Gasteiger partial charge < -0.3 is 10.2 Å². The molecule has 0 radical (unpaired) electrons. The number of halogens is 2. The largest absolute Gasteiger partial charge is 0.355 e. The summed E-state index contributed by atoms with van der Waals surface area (Å²) in [6.07, 6.45) is 1.27. The fourth-order valence-electron chi connectivity index (χ4n) is 4.25. The lowest BCUT2D eigenvalue weighted by molar-refractivity contribution is -0.141. The van der Waals surface area contributed by atoms with E-state index in [9.17, 15) is 9.59 Å². The number of hydrogen-bond acceptors (Lipinski definition) is 2. The molecule has 6 heteroatoms. The van der Waals surface area contributed by atoms with E-state index in [1.54, 1.807) is 17.0 Å². The van der Waals surface area contributed by atoms with E-state index in [4.69, 9.17) is 23.2 Å². The fraction of sp³-hybridized carbons (Fsp3) is 0.355. The van der Waals surface area contributed by atoms with Crippen molar-refractivity contribution in [3.8, 4) is 0 Å². The summed E-state index contributed by atoms with van der Waals surface area (Å²) in [6, 6.07) is 22.7. The van der Waals surface area contributed by atoms with Crippen LogP contribution in [-0.4, -0.2) is 29.3 Å². The summed E-state index contributed by atoms with van der Waals surface area (Å²) in [7, 11) is 0. The number of hydrogen-bond donors (Lipinski definition) is 1. The van der Waals surface area contributed by atoms with E-state index in [0.29, 0.717) is 29.4 Å². The first-order valence-corrected chi connectivity index (χ1v) is 13.5. The lowest BCUT2D eigenvalue weighted by Crippen LogP contribution is -2.50. The molecular weight excluding hydrogens is 503 g/mol. The van der Waals surface area contributed by atoms with Gasteiger partial charge in [-0.25, -0.2) is 0 Å². The maximum atomic E-state index is 13.7. The second kappa shape index (κ2) is 13.1.